The molecule has 0 saturated carbocycles. The van der Waals surface area contributed by atoms with Gasteiger partial charge in [0.15, 0.2) is 0 Å². The molecule has 5 nitrogen and oxygen atoms in total. The van der Waals surface area contributed by atoms with Gasteiger partial charge in [-0.25, -0.2) is 4.39 Å². The van der Waals surface area contributed by atoms with Gasteiger partial charge in [-0.1, -0.05) is 54.1 Å². The third-order valence-corrected chi connectivity index (χ3v) is 7.45. The monoisotopic (exact) mass is 578 g/mol. The van der Waals surface area contributed by atoms with Crippen molar-refractivity contribution in [1.82, 2.24) is 9.88 Å². The maximum absolute atomic E-state index is 13.6. The van der Waals surface area contributed by atoms with Gasteiger partial charge in [0.05, 0.1) is 12.8 Å². The predicted octanol–water partition coefficient (Wildman–Crippen LogP) is 8.71. The molecule has 6 rings (SSSR count). The van der Waals surface area contributed by atoms with Gasteiger partial charge in [-0.2, -0.15) is 0 Å². The number of hydrogen-bond acceptors (Lipinski definition) is 3. The van der Waals surface area contributed by atoms with Crippen LogP contribution in [-0.4, -0.2) is 10.5 Å². The maximum atomic E-state index is 13.6. The normalized spacial score (nSPS) is 11.9. The Kier molecular flexibility index (Phi) is 8.06. The number of nitrogens with one attached hydrogen (secondary N) is 1. The molecule has 7 heteroatoms. The summed E-state index contributed by atoms with van der Waals surface area (Å²) in [5, 5.41) is 4.68. The van der Waals surface area contributed by atoms with Crippen LogP contribution >= 0.6 is 11.6 Å². The minimum atomic E-state index is -0.269. The highest BCUT2D eigenvalue weighted by molar-refractivity contribution is 6.30. The molecule has 0 radical (unpaired) electrons. The number of hydrogen-bond donors (Lipinski definition) is 1. The number of fused-ring (bicyclic) bond motifs is 1. The smallest absolute Gasteiger partial charge is 0.221 e. The molecule has 0 aliphatic carbocycles. The lowest BCUT2D eigenvalue weighted by Gasteiger charge is -2.18. The minimum absolute atomic E-state index is 0.101. The summed E-state index contributed by atoms with van der Waals surface area (Å²) in [6.45, 7) is 0.877. The zero-order valence-electron chi connectivity index (χ0n) is 22.7. The van der Waals surface area contributed by atoms with Crippen molar-refractivity contribution in [2.75, 3.05) is 0 Å². The van der Waals surface area contributed by atoms with Crippen LogP contribution in [0.1, 0.15) is 34.8 Å². The number of para-hydroxylation sites is 1. The summed E-state index contributed by atoms with van der Waals surface area (Å²) in [6, 6.07) is 33.3. The van der Waals surface area contributed by atoms with Gasteiger partial charge in [0.2, 0.25) is 5.91 Å². The molecule has 0 saturated heterocycles. The molecule has 1 atom stereocenters. The SMILES string of the molecule is O=C(C[C@@H](c1cccc(Oc2ccc(Cl)cc2)c1)c1cn(Cc2ccc(F)cc2)c2ccccc12)NCc1ccco1. The fourth-order valence-corrected chi connectivity index (χ4v) is 5.29. The lowest BCUT2D eigenvalue weighted by Crippen LogP contribution is -2.24. The van der Waals surface area contributed by atoms with Crippen LogP contribution in [-0.2, 0) is 17.9 Å². The van der Waals surface area contributed by atoms with Gasteiger partial charge in [-0.15, -0.1) is 0 Å². The van der Waals surface area contributed by atoms with Gasteiger partial charge in [-0.3, -0.25) is 4.79 Å². The lowest BCUT2D eigenvalue weighted by atomic mass is 9.88. The molecular formula is C35H28ClFN2O3. The first-order chi connectivity index (χ1) is 20.5. The molecule has 0 aliphatic heterocycles. The summed E-state index contributed by atoms with van der Waals surface area (Å²) in [6.07, 6.45) is 3.91. The number of halogens is 2. The molecule has 6 aromatic rings. The number of ether oxygens (including phenoxy) is 1. The first-order valence-electron chi connectivity index (χ1n) is 13.7. The van der Waals surface area contributed by atoms with Crippen molar-refractivity contribution in [1.29, 1.82) is 0 Å². The number of carbonyl (C=O) groups is 1. The number of aromatic nitrogens is 1. The van der Waals surface area contributed by atoms with Crippen molar-refractivity contribution in [3.8, 4) is 11.5 Å². The molecule has 0 bridgehead atoms. The highest BCUT2D eigenvalue weighted by Gasteiger charge is 2.23. The van der Waals surface area contributed by atoms with E-state index in [1.165, 1.54) is 12.1 Å². The molecule has 2 heterocycles. The van der Waals surface area contributed by atoms with Gasteiger partial charge in [0.25, 0.3) is 0 Å². The van der Waals surface area contributed by atoms with Crippen LogP contribution in [0.25, 0.3) is 10.9 Å². The van der Waals surface area contributed by atoms with Crippen LogP contribution in [0.4, 0.5) is 4.39 Å². The molecule has 42 heavy (non-hydrogen) atoms. The van der Waals surface area contributed by atoms with Gasteiger partial charge in [-0.05, 0) is 83.4 Å². The zero-order valence-corrected chi connectivity index (χ0v) is 23.4. The van der Waals surface area contributed by atoms with E-state index in [2.05, 4.69) is 28.2 Å². The average molecular weight is 579 g/mol. The summed E-state index contributed by atoms with van der Waals surface area (Å²) >= 11 is 6.05. The Bertz CT molecular complexity index is 1800. The summed E-state index contributed by atoms with van der Waals surface area (Å²) in [7, 11) is 0. The van der Waals surface area contributed by atoms with E-state index in [0.717, 1.165) is 27.6 Å². The number of rotatable bonds is 10. The molecule has 2 aromatic heterocycles. The number of nitrogens with zero attached hydrogens (tertiary/aromatic N) is 1. The van der Waals surface area contributed by atoms with Crippen LogP contribution in [0.5, 0.6) is 11.5 Å². The fourth-order valence-electron chi connectivity index (χ4n) is 5.17. The zero-order chi connectivity index (χ0) is 28.9. The maximum Gasteiger partial charge on any atom is 0.221 e. The van der Waals surface area contributed by atoms with Crippen molar-refractivity contribution >= 4 is 28.4 Å². The van der Waals surface area contributed by atoms with Crippen LogP contribution in [0, 0.1) is 5.82 Å². The van der Waals surface area contributed by atoms with Gasteiger partial charge in [0, 0.05) is 41.0 Å². The first kappa shape index (κ1) is 27.4. The predicted molar refractivity (Wildman–Crippen MR) is 162 cm³/mol. The molecule has 210 valence electrons. The Balaban J connectivity index is 1.36. The lowest BCUT2D eigenvalue weighted by molar-refractivity contribution is -0.121. The van der Waals surface area contributed by atoms with E-state index in [9.17, 15) is 9.18 Å². The van der Waals surface area contributed by atoms with Crippen molar-refractivity contribution in [3.05, 3.63) is 155 Å². The molecule has 0 aliphatic rings. The first-order valence-corrected chi connectivity index (χ1v) is 14.0. The Morgan fingerprint density at radius 3 is 2.50 bits per heavy atom. The minimum Gasteiger partial charge on any atom is -0.467 e. The van der Waals surface area contributed by atoms with E-state index in [0.29, 0.717) is 35.4 Å². The highest BCUT2D eigenvalue weighted by atomic mass is 35.5. The second-order valence-electron chi connectivity index (χ2n) is 10.1. The van der Waals surface area contributed by atoms with Gasteiger partial charge < -0.3 is 19.0 Å². The van der Waals surface area contributed by atoms with E-state index in [1.54, 1.807) is 36.6 Å². The van der Waals surface area contributed by atoms with Gasteiger partial charge in [0.1, 0.15) is 23.1 Å². The van der Waals surface area contributed by atoms with E-state index in [-0.39, 0.29) is 24.1 Å². The Hall–Kier alpha value is -4.81. The number of amides is 1. The van der Waals surface area contributed by atoms with Crippen LogP contribution in [0.3, 0.4) is 0 Å². The molecule has 0 spiro atoms. The Labute approximate surface area is 248 Å². The van der Waals surface area contributed by atoms with Crippen LogP contribution in [0.2, 0.25) is 5.02 Å². The third kappa shape index (κ3) is 6.40. The largest absolute Gasteiger partial charge is 0.467 e. The fraction of sp³-hybridized carbons (Fsp3) is 0.114. The van der Waals surface area contributed by atoms with E-state index >= 15 is 0 Å². The summed E-state index contributed by atoms with van der Waals surface area (Å²) < 4.78 is 27.3. The van der Waals surface area contributed by atoms with Crippen LogP contribution < -0.4 is 10.1 Å². The Morgan fingerprint density at radius 1 is 0.905 bits per heavy atom. The Morgan fingerprint density at radius 2 is 1.71 bits per heavy atom. The summed E-state index contributed by atoms with van der Waals surface area (Å²) in [5.41, 5.74) is 3.98. The highest BCUT2D eigenvalue weighted by Crippen LogP contribution is 2.37. The summed E-state index contributed by atoms with van der Waals surface area (Å²) in [5.74, 6) is 1.38. The van der Waals surface area contributed by atoms with E-state index < -0.39 is 0 Å². The summed E-state index contributed by atoms with van der Waals surface area (Å²) in [4.78, 5) is 13.3. The molecule has 1 amide bonds. The van der Waals surface area contributed by atoms with E-state index in [4.69, 9.17) is 20.8 Å². The van der Waals surface area contributed by atoms with Crippen LogP contribution in [0.15, 0.2) is 126 Å². The van der Waals surface area contributed by atoms with Crippen molar-refractivity contribution in [2.24, 2.45) is 0 Å². The number of carbonyl (C=O) groups excluding carboxylic acids is 1. The van der Waals surface area contributed by atoms with E-state index in [1.807, 2.05) is 54.6 Å². The van der Waals surface area contributed by atoms with Crippen molar-refractivity contribution in [3.63, 3.8) is 0 Å². The molecule has 4 aromatic carbocycles. The molecule has 0 unspecified atom stereocenters. The topological polar surface area (TPSA) is 56.4 Å². The molecular weight excluding hydrogens is 551 g/mol. The standard InChI is InChI=1S/C35H28ClFN2O3/c36-26-12-16-28(17-13-26)42-29-6-3-5-25(19-29)32(20-35(40)38-21-30-7-4-18-41-30)33-23-39(34-9-2-1-8-31(33)34)22-24-10-14-27(37)15-11-24/h1-19,23,32H,20-22H2,(H,38,40)/t32-/m0/s1. The van der Waals surface area contributed by atoms with Crippen molar-refractivity contribution < 1.29 is 18.3 Å². The quantitative estimate of drug-likeness (QED) is 0.177. The number of furan rings is 1. The number of benzene rings is 4. The molecule has 0 fully saturated rings. The average Bonchev–Trinajstić information content (AvgIpc) is 3.66. The third-order valence-electron chi connectivity index (χ3n) is 7.20. The second-order valence-corrected chi connectivity index (χ2v) is 10.5. The molecule has 1 N–H and O–H groups in total. The van der Waals surface area contributed by atoms with Crippen molar-refractivity contribution in [2.45, 2.75) is 25.4 Å². The second kappa shape index (κ2) is 12.4. The van der Waals surface area contributed by atoms with Gasteiger partial charge >= 0.3 is 0 Å².